The molecule has 2 aliphatic rings. The molecule has 0 aromatic heterocycles. The maximum absolute atomic E-state index is 12.4. The lowest BCUT2D eigenvalue weighted by atomic mass is 9.95. The first-order chi connectivity index (χ1) is 11.7. The van der Waals surface area contributed by atoms with E-state index in [1.165, 1.54) is 0 Å². The molecule has 0 saturated carbocycles. The van der Waals surface area contributed by atoms with Gasteiger partial charge in [-0.1, -0.05) is 0 Å². The lowest BCUT2D eigenvalue weighted by Crippen LogP contribution is -2.52. The molecule has 1 atom stereocenters. The number of nitrogens with zero attached hydrogens (tertiary/aromatic N) is 2. The van der Waals surface area contributed by atoms with E-state index in [2.05, 4.69) is 5.32 Å². The lowest BCUT2D eigenvalue weighted by Gasteiger charge is -2.33. The largest absolute Gasteiger partial charge is 0.471 e. The Morgan fingerprint density at radius 1 is 0.960 bits per heavy atom. The number of halogens is 3. The fourth-order valence-corrected chi connectivity index (χ4v) is 3.31. The van der Waals surface area contributed by atoms with Gasteiger partial charge in [0, 0.05) is 32.1 Å². The molecular weight excluding hydrogens is 339 g/mol. The third-order valence-electron chi connectivity index (χ3n) is 4.79. The van der Waals surface area contributed by atoms with Crippen molar-refractivity contribution in [1.82, 2.24) is 15.1 Å². The smallest absolute Gasteiger partial charge is 0.344 e. The first-order valence-corrected chi connectivity index (χ1v) is 8.65. The van der Waals surface area contributed by atoms with Crippen LogP contribution in [0.3, 0.4) is 0 Å². The number of rotatable bonds is 3. The van der Waals surface area contributed by atoms with Gasteiger partial charge in [-0.15, -0.1) is 0 Å². The fourth-order valence-electron chi connectivity index (χ4n) is 3.31. The summed E-state index contributed by atoms with van der Waals surface area (Å²) in [5.41, 5.74) is 0. The normalized spacial score (nSPS) is 21.0. The third-order valence-corrected chi connectivity index (χ3v) is 4.79. The Hall–Kier alpha value is -1.80. The van der Waals surface area contributed by atoms with Gasteiger partial charge in [0.05, 0.1) is 0 Å². The van der Waals surface area contributed by atoms with Crippen LogP contribution in [0, 0.1) is 5.92 Å². The van der Waals surface area contributed by atoms with E-state index in [-0.39, 0.29) is 37.7 Å². The second kappa shape index (κ2) is 8.05. The first-order valence-electron chi connectivity index (χ1n) is 8.65. The number of hydrogen-bond acceptors (Lipinski definition) is 3. The van der Waals surface area contributed by atoms with Crippen LogP contribution in [0.2, 0.25) is 0 Å². The van der Waals surface area contributed by atoms with Crippen molar-refractivity contribution in [1.29, 1.82) is 0 Å². The number of piperidine rings is 2. The molecule has 9 heteroatoms. The SMILES string of the molecule is C[C@H](NC(=O)C1CCN(C(=O)C(F)(F)F)CC1)C(=O)N1CCCCC1. The molecule has 0 radical (unpaired) electrons. The number of amides is 3. The summed E-state index contributed by atoms with van der Waals surface area (Å²) in [6, 6.07) is -0.652. The summed E-state index contributed by atoms with van der Waals surface area (Å²) in [5, 5.41) is 2.67. The van der Waals surface area contributed by atoms with Gasteiger partial charge in [-0.25, -0.2) is 0 Å². The Morgan fingerprint density at radius 2 is 1.52 bits per heavy atom. The summed E-state index contributed by atoms with van der Waals surface area (Å²) in [6.45, 7) is 2.79. The highest BCUT2D eigenvalue weighted by molar-refractivity contribution is 5.88. The standard InChI is InChI=1S/C16H24F3N3O3/c1-11(14(24)21-7-3-2-4-8-21)20-13(23)12-5-9-22(10-6-12)15(25)16(17,18)19/h11-12H,2-10H2,1H3,(H,20,23)/t11-/m0/s1. The minimum Gasteiger partial charge on any atom is -0.344 e. The highest BCUT2D eigenvalue weighted by atomic mass is 19.4. The Balaban J connectivity index is 1.80. The van der Waals surface area contributed by atoms with E-state index in [9.17, 15) is 27.6 Å². The predicted octanol–water partition coefficient (Wildman–Crippen LogP) is 1.30. The number of carbonyl (C=O) groups is 3. The van der Waals surface area contributed by atoms with Crippen molar-refractivity contribution in [3.8, 4) is 0 Å². The first kappa shape index (κ1) is 19.5. The van der Waals surface area contributed by atoms with Crippen molar-refractivity contribution >= 4 is 17.7 Å². The van der Waals surface area contributed by atoms with Crippen molar-refractivity contribution in [3.63, 3.8) is 0 Å². The Bertz CT molecular complexity index is 510. The minimum absolute atomic E-state index is 0.106. The van der Waals surface area contributed by atoms with Crippen molar-refractivity contribution in [2.24, 2.45) is 5.92 Å². The van der Waals surface area contributed by atoms with Crippen molar-refractivity contribution < 1.29 is 27.6 Å². The molecule has 2 saturated heterocycles. The molecule has 0 bridgehead atoms. The Labute approximate surface area is 144 Å². The second-order valence-corrected chi connectivity index (χ2v) is 6.68. The second-order valence-electron chi connectivity index (χ2n) is 6.68. The zero-order chi connectivity index (χ0) is 18.6. The molecule has 25 heavy (non-hydrogen) atoms. The maximum atomic E-state index is 12.4. The predicted molar refractivity (Wildman–Crippen MR) is 83.4 cm³/mol. The third kappa shape index (κ3) is 5.09. The van der Waals surface area contributed by atoms with Crippen LogP contribution in [0.15, 0.2) is 0 Å². The van der Waals surface area contributed by atoms with Crippen LogP contribution < -0.4 is 5.32 Å². The quantitative estimate of drug-likeness (QED) is 0.822. The molecular formula is C16H24F3N3O3. The van der Waals surface area contributed by atoms with Crippen LogP contribution in [0.4, 0.5) is 13.2 Å². The van der Waals surface area contributed by atoms with Crippen LogP contribution >= 0.6 is 0 Å². The molecule has 3 amide bonds. The van der Waals surface area contributed by atoms with Gasteiger partial charge in [-0.2, -0.15) is 13.2 Å². The summed E-state index contributed by atoms with van der Waals surface area (Å²) in [5.74, 6) is -2.80. The van der Waals surface area contributed by atoms with E-state index in [0.717, 1.165) is 24.2 Å². The fraction of sp³-hybridized carbons (Fsp3) is 0.812. The van der Waals surface area contributed by atoms with E-state index in [4.69, 9.17) is 0 Å². The molecule has 6 nitrogen and oxygen atoms in total. The van der Waals surface area contributed by atoms with E-state index in [1.807, 2.05) is 0 Å². The molecule has 2 aliphatic heterocycles. The summed E-state index contributed by atoms with van der Waals surface area (Å²) in [6.07, 6.45) is -1.54. The summed E-state index contributed by atoms with van der Waals surface area (Å²) >= 11 is 0. The van der Waals surface area contributed by atoms with Crippen LogP contribution in [-0.2, 0) is 14.4 Å². The highest BCUT2D eigenvalue weighted by Gasteiger charge is 2.43. The van der Waals surface area contributed by atoms with Crippen LogP contribution in [-0.4, -0.2) is 65.9 Å². The number of alkyl halides is 3. The van der Waals surface area contributed by atoms with E-state index in [1.54, 1.807) is 11.8 Å². The molecule has 0 aliphatic carbocycles. The van der Waals surface area contributed by atoms with Gasteiger partial charge in [0.25, 0.3) is 0 Å². The highest BCUT2D eigenvalue weighted by Crippen LogP contribution is 2.24. The van der Waals surface area contributed by atoms with E-state index >= 15 is 0 Å². The molecule has 2 heterocycles. The summed E-state index contributed by atoms with van der Waals surface area (Å²) in [4.78, 5) is 38.2. The Morgan fingerprint density at radius 3 is 2.04 bits per heavy atom. The van der Waals surface area contributed by atoms with Gasteiger partial charge < -0.3 is 15.1 Å². The van der Waals surface area contributed by atoms with Gasteiger partial charge in [-0.3, -0.25) is 14.4 Å². The van der Waals surface area contributed by atoms with Crippen molar-refractivity contribution in [3.05, 3.63) is 0 Å². The molecule has 0 unspecified atom stereocenters. The van der Waals surface area contributed by atoms with Gasteiger partial charge >= 0.3 is 12.1 Å². The molecule has 1 N–H and O–H groups in total. The van der Waals surface area contributed by atoms with Gasteiger partial charge in [0.15, 0.2) is 0 Å². The lowest BCUT2D eigenvalue weighted by molar-refractivity contribution is -0.186. The summed E-state index contributed by atoms with van der Waals surface area (Å²) < 4.78 is 37.2. The minimum atomic E-state index is -4.88. The number of carbonyl (C=O) groups excluding carboxylic acids is 3. The van der Waals surface area contributed by atoms with Crippen LogP contribution in [0.1, 0.15) is 39.0 Å². The van der Waals surface area contributed by atoms with Gasteiger partial charge in [0.2, 0.25) is 11.8 Å². The molecule has 0 aromatic carbocycles. The molecule has 0 aromatic rings. The topological polar surface area (TPSA) is 69.7 Å². The Kier molecular flexibility index (Phi) is 6.29. The molecule has 0 spiro atoms. The average molecular weight is 363 g/mol. The number of likely N-dealkylation sites (tertiary alicyclic amines) is 2. The summed E-state index contributed by atoms with van der Waals surface area (Å²) in [7, 11) is 0. The van der Waals surface area contributed by atoms with Gasteiger partial charge in [0.1, 0.15) is 6.04 Å². The number of hydrogen-bond donors (Lipinski definition) is 1. The zero-order valence-electron chi connectivity index (χ0n) is 14.3. The molecule has 2 fully saturated rings. The van der Waals surface area contributed by atoms with Crippen LogP contribution in [0.25, 0.3) is 0 Å². The molecule has 2 rings (SSSR count). The van der Waals surface area contributed by atoms with Crippen LogP contribution in [0.5, 0.6) is 0 Å². The maximum Gasteiger partial charge on any atom is 0.471 e. The monoisotopic (exact) mass is 363 g/mol. The average Bonchev–Trinajstić information content (AvgIpc) is 2.60. The van der Waals surface area contributed by atoms with Crippen molar-refractivity contribution in [2.75, 3.05) is 26.2 Å². The van der Waals surface area contributed by atoms with Gasteiger partial charge in [-0.05, 0) is 39.0 Å². The zero-order valence-corrected chi connectivity index (χ0v) is 14.3. The van der Waals surface area contributed by atoms with E-state index < -0.39 is 24.0 Å². The number of nitrogens with one attached hydrogen (secondary N) is 1. The molecule has 142 valence electrons. The van der Waals surface area contributed by atoms with E-state index in [0.29, 0.717) is 13.1 Å². The van der Waals surface area contributed by atoms with Crippen molar-refractivity contribution in [2.45, 2.75) is 51.2 Å².